The van der Waals surface area contributed by atoms with E-state index < -0.39 is 29.9 Å². The predicted octanol–water partition coefficient (Wildman–Crippen LogP) is 4.35. The topological polar surface area (TPSA) is 182 Å². The molecule has 1 aliphatic heterocycles. The van der Waals surface area contributed by atoms with Crippen LogP contribution in [0, 0.1) is 0 Å². The molecule has 0 radical (unpaired) electrons. The van der Waals surface area contributed by atoms with Crippen molar-refractivity contribution in [3.05, 3.63) is 119 Å². The van der Waals surface area contributed by atoms with Gasteiger partial charge in [-0.3, -0.25) is 24.7 Å². The Hall–Kier alpha value is -6.41. The number of nitrogens with one attached hydrogen (secondary N) is 4. The van der Waals surface area contributed by atoms with E-state index in [4.69, 9.17) is 16.3 Å². The molecule has 0 spiro atoms. The van der Waals surface area contributed by atoms with E-state index in [2.05, 4.69) is 41.8 Å². The van der Waals surface area contributed by atoms with Crippen LogP contribution in [-0.2, 0) is 20.7 Å². The standard InChI is InChI=1S/C34H28ClN9O5/c1-49-34(48)39-25-7-8-26-21-11-12-36-28(16-21)29(14-20-3-2-4-23(13-20)33(47)37-18-32(46)40-27(26)17-25)41-31(45)10-5-22-15-24(35)6-9-30(22)44-19-38-42-43-44/h2-13,15-17,19,29H,14,18H2,1H3,(H,37,47)(H,39,48)(H,40,46)(H,41,45)/b10-5+. The lowest BCUT2D eigenvalue weighted by Crippen LogP contribution is -2.33. The molecule has 4 N–H and O–H groups in total. The van der Waals surface area contributed by atoms with Crippen LogP contribution in [0.25, 0.3) is 22.9 Å². The summed E-state index contributed by atoms with van der Waals surface area (Å²) in [5.74, 6) is -1.35. The fourth-order valence-corrected chi connectivity index (χ4v) is 5.42. The number of aromatic nitrogens is 5. The van der Waals surface area contributed by atoms with Crippen LogP contribution >= 0.6 is 11.6 Å². The quantitative estimate of drug-likeness (QED) is 0.197. The Kier molecular flexibility index (Phi) is 9.67. The van der Waals surface area contributed by atoms with Crippen molar-refractivity contribution in [3.63, 3.8) is 0 Å². The van der Waals surface area contributed by atoms with Crippen molar-refractivity contribution in [2.75, 3.05) is 24.3 Å². The van der Waals surface area contributed by atoms with Crippen LogP contribution in [0.5, 0.6) is 0 Å². The van der Waals surface area contributed by atoms with Crippen LogP contribution in [0.3, 0.4) is 0 Å². The van der Waals surface area contributed by atoms with E-state index in [0.29, 0.717) is 50.0 Å². The number of halogens is 1. The molecule has 15 heteroatoms. The van der Waals surface area contributed by atoms with Crippen molar-refractivity contribution in [1.29, 1.82) is 0 Å². The SMILES string of the molecule is COC(=O)Nc1ccc2c(c1)NC(=O)CNC(=O)c1cccc(c1)CC(NC(=O)/C=C/c1cc(Cl)ccc1-n1cnnn1)c1cc-2ccn1. The third kappa shape index (κ3) is 7.94. The second-order valence-electron chi connectivity index (χ2n) is 10.8. The van der Waals surface area contributed by atoms with E-state index in [1.165, 1.54) is 24.2 Å². The Morgan fingerprint density at radius 2 is 1.92 bits per heavy atom. The minimum absolute atomic E-state index is 0.288. The number of rotatable bonds is 5. The van der Waals surface area contributed by atoms with E-state index in [-0.39, 0.29) is 13.0 Å². The molecule has 14 nitrogen and oxygen atoms in total. The number of benzene rings is 3. The lowest BCUT2D eigenvalue weighted by Gasteiger charge is -2.19. The van der Waals surface area contributed by atoms with Crippen LogP contribution in [0.2, 0.25) is 5.02 Å². The van der Waals surface area contributed by atoms with Gasteiger partial charge in [0.1, 0.15) is 6.33 Å². The summed E-state index contributed by atoms with van der Waals surface area (Å²) in [6.45, 7) is -0.300. The average molecular weight is 678 g/mol. The Bertz CT molecular complexity index is 2080. The molecule has 2 aromatic heterocycles. The minimum Gasteiger partial charge on any atom is -0.453 e. The number of amides is 4. The summed E-state index contributed by atoms with van der Waals surface area (Å²) in [6, 6.07) is 19.9. The number of tetrazole rings is 1. The van der Waals surface area contributed by atoms with Gasteiger partial charge in [-0.05, 0) is 88.6 Å². The van der Waals surface area contributed by atoms with E-state index in [0.717, 1.165) is 5.56 Å². The van der Waals surface area contributed by atoms with Crippen LogP contribution in [0.15, 0.2) is 91.4 Å². The maximum atomic E-state index is 13.5. The summed E-state index contributed by atoms with van der Waals surface area (Å²) in [5, 5.41) is 22.9. The third-order valence-corrected chi connectivity index (χ3v) is 7.76. The van der Waals surface area contributed by atoms with Crippen molar-refractivity contribution in [3.8, 4) is 16.8 Å². The van der Waals surface area contributed by atoms with Crippen molar-refractivity contribution in [2.45, 2.75) is 12.5 Å². The molecule has 4 amide bonds. The van der Waals surface area contributed by atoms with Crippen molar-refractivity contribution in [2.24, 2.45) is 0 Å². The fraction of sp³-hybridized carbons (Fsp3) is 0.118. The lowest BCUT2D eigenvalue weighted by molar-refractivity contribution is -0.117. The van der Waals surface area contributed by atoms with Gasteiger partial charge in [0.15, 0.2) is 0 Å². The highest BCUT2D eigenvalue weighted by atomic mass is 35.5. The number of hydrogen-bond donors (Lipinski definition) is 4. The first kappa shape index (κ1) is 32.5. The van der Waals surface area contributed by atoms with Crippen LogP contribution in [0.4, 0.5) is 16.2 Å². The number of carbonyl (C=O) groups is 4. The second-order valence-corrected chi connectivity index (χ2v) is 11.3. The molecule has 0 aliphatic carbocycles. The Labute approximate surface area is 284 Å². The van der Waals surface area contributed by atoms with Crippen LogP contribution in [-0.4, -0.2) is 62.7 Å². The van der Waals surface area contributed by atoms with Gasteiger partial charge in [0.2, 0.25) is 11.8 Å². The molecule has 0 saturated heterocycles. The minimum atomic E-state index is -0.682. The van der Waals surface area contributed by atoms with E-state index in [9.17, 15) is 19.2 Å². The maximum Gasteiger partial charge on any atom is 0.411 e. The van der Waals surface area contributed by atoms with Gasteiger partial charge in [-0.1, -0.05) is 29.8 Å². The number of carbonyl (C=O) groups excluding carboxylic acids is 4. The van der Waals surface area contributed by atoms with Gasteiger partial charge >= 0.3 is 6.09 Å². The molecular weight excluding hydrogens is 650 g/mol. The number of methoxy groups -OCH3 is 1. The number of hydrogen-bond acceptors (Lipinski definition) is 9. The molecule has 0 fully saturated rings. The normalized spacial score (nSPS) is 14.4. The van der Waals surface area contributed by atoms with Gasteiger partial charge in [0.05, 0.1) is 36.8 Å². The molecular formula is C34H28ClN9O5. The van der Waals surface area contributed by atoms with Gasteiger partial charge in [-0.15, -0.1) is 5.10 Å². The highest BCUT2D eigenvalue weighted by molar-refractivity contribution is 6.30. The fourth-order valence-electron chi connectivity index (χ4n) is 5.24. The first-order chi connectivity index (χ1) is 23.7. The van der Waals surface area contributed by atoms with Crippen molar-refractivity contribution in [1.82, 2.24) is 35.8 Å². The smallest absolute Gasteiger partial charge is 0.411 e. The first-order valence-corrected chi connectivity index (χ1v) is 15.3. The number of ether oxygens (including phenoxy) is 1. The predicted molar refractivity (Wildman–Crippen MR) is 181 cm³/mol. The average Bonchev–Trinajstić information content (AvgIpc) is 3.64. The zero-order valence-electron chi connectivity index (χ0n) is 25.9. The zero-order chi connectivity index (χ0) is 34.3. The summed E-state index contributed by atoms with van der Waals surface area (Å²) in [4.78, 5) is 56.0. The van der Waals surface area contributed by atoms with E-state index in [1.54, 1.807) is 72.9 Å². The number of anilines is 2. The Balaban J connectivity index is 1.37. The van der Waals surface area contributed by atoms with Crippen molar-refractivity contribution >= 4 is 52.9 Å². The molecule has 0 saturated carbocycles. The first-order valence-electron chi connectivity index (χ1n) is 14.9. The molecule has 49 heavy (non-hydrogen) atoms. The maximum absolute atomic E-state index is 13.5. The van der Waals surface area contributed by atoms with Gasteiger partial charge in [0, 0.05) is 39.7 Å². The molecule has 5 aromatic rings. The van der Waals surface area contributed by atoms with Crippen LogP contribution < -0.4 is 21.3 Å². The van der Waals surface area contributed by atoms with Crippen LogP contribution in [0.1, 0.15) is 33.2 Å². The molecule has 1 atom stereocenters. The molecule has 4 bridgehead atoms. The van der Waals surface area contributed by atoms with Crippen molar-refractivity contribution < 1.29 is 23.9 Å². The highest BCUT2D eigenvalue weighted by Gasteiger charge is 2.20. The molecule has 246 valence electrons. The number of nitrogens with zero attached hydrogens (tertiary/aromatic N) is 5. The summed E-state index contributed by atoms with van der Waals surface area (Å²) >= 11 is 6.25. The van der Waals surface area contributed by atoms with Gasteiger partial charge in [-0.25, -0.2) is 4.79 Å². The summed E-state index contributed by atoms with van der Waals surface area (Å²) < 4.78 is 6.16. The second kappa shape index (κ2) is 14.6. The lowest BCUT2D eigenvalue weighted by atomic mass is 9.97. The van der Waals surface area contributed by atoms with Gasteiger partial charge < -0.3 is 20.7 Å². The molecule has 1 unspecified atom stereocenters. The van der Waals surface area contributed by atoms with Gasteiger partial charge in [-0.2, -0.15) is 4.68 Å². The zero-order valence-corrected chi connectivity index (χ0v) is 26.6. The summed E-state index contributed by atoms with van der Waals surface area (Å²) in [7, 11) is 1.24. The third-order valence-electron chi connectivity index (χ3n) is 7.53. The molecule has 6 rings (SSSR count). The molecule has 3 heterocycles. The molecule has 3 aromatic carbocycles. The Morgan fingerprint density at radius 3 is 2.73 bits per heavy atom. The van der Waals surface area contributed by atoms with E-state index >= 15 is 0 Å². The number of pyridine rings is 1. The largest absolute Gasteiger partial charge is 0.453 e. The summed E-state index contributed by atoms with van der Waals surface area (Å²) in [5.41, 5.74) is 4.86. The number of fused-ring (bicyclic) bond motifs is 6. The monoisotopic (exact) mass is 677 g/mol. The van der Waals surface area contributed by atoms with Gasteiger partial charge in [0.25, 0.3) is 5.91 Å². The Morgan fingerprint density at radius 1 is 1.04 bits per heavy atom. The molecule has 1 aliphatic rings. The highest BCUT2D eigenvalue weighted by Crippen LogP contribution is 2.33. The summed E-state index contributed by atoms with van der Waals surface area (Å²) in [6.07, 6.45) is 5.64. The van der Waals surface area contributed by atoms with E-state index in [1.807, 2.05) is 12.1 Å².